The molecule has 0 aliphatic carbocycles. The summed E-state index contributed by atoms with van der Waals surface area (Å²) in [4.78, 5) is 10.7. The van der Waals surface area contributed by atoms with Gasteiger partial charge in [-0.15, -0.1) is 0 Å². The van der Waals surface area contributed by atoms with Gasteiger partial charge in [0, 0.05) is 0 Å². The molecule has 0 aliphatic heterocycles. The third kappa shape index (κ3) is 1.92. The zero-order valence-corrected chi connectivity index (χ0v) is 7.15. The second-order valence-corrected chi connectivity index (χ2v) is 2.71. The van der Waals surface area contributed by atoms with Gasteiger partial charge in [0.05, 0.1) is 11.1 Å². The second kappa shape index (κ2) is 3.77. The highest BCUT2D eigenvalue weighted by Gasteiger charge is 2.18. The Morgan fingerprint density at radius 3 is 2.21 bits per heavy atom. The molecular formula is C9H6F4O. The Kier molecular flexibility index (Phi) is 2.88. The minimum atomic E-state index is -3.09. The van der Waals surface area contributed by atoms with E-state index in [0.29, 0.717) is 12.1 Å². The lowest BCUT2D eigenvalue weighted by Gasteiger charge is -2.04. The first-order valence-electron chi connectivity index (χ1n) is 3.71. The number of ketones is 1. The van der Waals surface area contributed by atoms with Crippen molar-refractivity contribution in [3.05, 3.63) is 34.9 Å². The van der Waals surface area contributed by atoms with Gasteiger partial charge in [-0.1, -0.05) is 0 Å². The summed E-state index contributed by atoms with van der Waals surface area (Å²) in [7, 11) is 0. The van der Waals surface area contributed by atoms with Gasteiger partial charge in [0.15, 0.2) is 5.78 Å². The van der Waals surface area contributed by atoms with Gasteiger partial charge in [-0.3, -0.25) is 4.79 Å². The largest absolute Gasteiger partial charge is 0.294 e. The number of halogens is 4. The predicted molar refractivity (Wildman–Crippen MR) is 41.3 cm³/mol. The molecule has 0 saturated heterocycles. The van der Waals surface area contributed by atoms with Gasteiger partial charge >= 0.3 is 0 Å². The van der Waals surface area contributed by atoms with Crippen molar-refractivity contribution in [2.75, 3.05) is 0 Å². The van der Waals surface area contributed by atoms with E-state index in [1.54, 1.807) is 0 Å². The molecule has 0 atom stereocenters. The van der Waals surface area contributed by atoms with E-state index in [4.69, 9.17) is 0 Å². The first-order chi connectivity index (χ1) is 6.43. The molecule has 0 aromatic heterocycles. The van der Waals surface area contributed by atoms with Gasteiger partial charge in [0.25, 0.3) is 6.43 Å². The lowest BCUT2D eigenvalue weighted by atomic mass is 10.1. The van der Waals surface area contributed by atoms with Crippen LogP contribution in [0.3, 0.4) is 0 Å². The van der Waals surface area contributed by atoms with E-state index in [9.17, 15) is 22.4 Å². The highest BCUT2D eigenvalue weighted by Crippen LogP contribution is 2.24. The Bertz CT molecular complexity index is 373. The van der Waals surface area contributed by atoms with Gasteiger partial charge < -0.3 is 0 Å². The fraction of sp³-hybridized carbons (Fsp3) is 0.222. The van der Waals surface area contributed by atoms with E-state index in [1.165, 1.54) is 0 Å². The monoisotopic (exact) mass is 206 g/mol. The smallest absolute Gasteiger partial charge is 0.266 e. The molecule has 0 heterocycles. The van der Waals surface area contributed by atoms with Gasteiger partial charge in [0.2, 0.25) is 0 Å². The van der Waals surface area contributed by atoms with Gasteiger partial charge in [-0.25, -0.2) is 17.6 Å². The average Bonchev–Trinajstić information content (AvgIpc) is 2.07. The SMILES string of the molecule is CC(=O)c1cc(F)c(C(F)F)cc1F. The molecule has 1 nitrogen and oxygen atoms in total. The molecule has 1 aromatic rings. The van der Waals surface area contributed by atoms with Crippen LogP contribution in [0.25, 0.3) is 0 Å². The van der Waals surface area contributed by atoms with Crippen LogP contribution in [0.4, 0.5) is 17.6 Å². The number of benzene rings is 1. The van der Waals surface area contributed by atoms with Crippen molar-refractivity contribution in [2.24, 2.45) is 0 Å². The first-order valence-corrected chi connectivity index (χ1v) is 3.71. The van der Waals surface area contributed by atoms with Crippen LogP contribution >= 0.6 is 0 Å². The van der Waals surface area contributed by atoms with Crippen molar-refractivity contribution >= 4 is 5.78 Å². The highest BCUT2D eigenvalue weighted by atomic mass is 19.3. The Morgan fingerprint density at radius 1 is 1.21 bits per heavy atom. The predicted octanol–water partition coefficient (Wildman–Crippen LogP) is 3.11. The van der Waals surface area contributed by atoms with Crippen molar-refractivity contribution in [2.45, 2.75) is 13.3 Å². The Morgan fingerprint density at radius 2 is 1.79 bits per heavy atom. The Hall–Kier alpha value is -1.39. The number of alkyl halides is 2. The maximum absolute atomic E-state index is 12.9. The Balaban J connectivity index is 3.31. The molecular weight excluding hydrogens is 200 g/mol. The van der Waals surface area contributed by atoms with E-state index < -0.39 is 35.0 Å². The minimum absolute atomic E-state index is 0.344. The third-order valence-corrected chi connectivity index (χ3v) is 1.70. The van der Waals surface area contributed by atoms with Crippen molar-refractivity contribution in [3.63, 3.8) is 0 Å². The minimum Gasteiger partial charge on any atom is -0.294 e. The standard InChI is InChI=1S/C9H6F4O/c1-4(14)5-2-8(11)6(9(12)13)3-7(5)10/h2-3,9H,1H3. The molecule has 1 aromatic carbocycles. The molecule has 0 amide bonds. The summed E-state index contributed by atoms with van der Waals surface area (Å²) in [5, 5.41) is 0. The fourth-order valence-corrected chi connectivity index (χ4v) is 0.999. The molecule has 76 valence electrons. The molecule has 0 aliphatic rings. The van der Waals surface area contributed by atoms with Crippen LogP contribution in [0.2, 0.25) is 0 Å². The average molecular weight is 206 g/mol. The summed E-state index contributed by atoms with van der Waals surface area (Å²) in [6.45, 7) is 1.03. The van der Waals surface area contributed by atoms with Crippen LogP contribution in [-0.2, 0) is 0 Å². The van der Waals surface area contributed by atoms with Crippen LogP contribution in [0, 0.1) is 11.6 Å². The summed E-state index contributed by atoms with van der Waals surface area (Å²) in [6, 6.07) is 0.829. The number of hydrogen-bond donors (Lipinski definition) is 0. The molecule has 5 heteroatoms. The molecule has 0 unspecified atom stereocenters. The van der Waals surface area contributed by atoms with Crippen molar-refractivity contribution in [1.29, 1.82) is 0 Å². The lowest BCUT2D eigenvalue weighted by Crippen LogP contribution is -2.01. The van der Waals surface area contributed by atoms with Crippen LogP contribution in [-0.4, -0.2) is 5.78 Å². The summed E-state index contributed by atoms with van der Waals surface area (Å²) in [5.74, 6) is -3.11. The molecule has 0 saturated carbocycles. The molecule has 0 spiro atoms. The van der Waals surface area contributed by atoms with Crippen molar-refractivity contribution in [1.82, 2.24) is 0 Å². The maximum Gasteiger partial charge on any atom is 0.266 e. The van der Waals surface area contributed by atoms with E-state index in [-0.39, 0.29) is 0 Å². The molecule has 0 bridgehead atoms. The van der Waals surface area contributed by atoms with E-state index >= 15 is 0 Å². The Labute approximate surface area is 77.3 Å². The number of hydrogen-bond acceptors (Lipinski definition) is 1. The van der Waals surface area contributed by atoms with E-state index in [2.05, 4.69) is 0 Å². The molecule has 0 N–H and O–H groups in total. The molecule has 0 radical (unpaired) electrons. The summed E-state index contributed by atoms with van der Waals surface area (Å²) >= 11 is 0. The van der Waals surface area contributed by atoms with Crippen molar-refractivity contribution in [3.8, 4) is 0 Å². The second-order valence-electron chi connectivity index (χ2n) is 2.71. The van der Waals surface area contributed by atoms with Crippen molar-refractivity contribution < 1.29 is 22.4 Å². The number of Topliss-reactive ketones (excluding diaryl/α,β-unsaturated/α-hetero) is 1. The number of carbonyl (C=O) groups is 1. The number of carbonyl (C=O) groups excluding carboxylic acids is 1. The lowest BCUT2D eigenvalue weighted by molar-refractivity contribution is 0.101. The number of rotatable bonds is 2. The van der Waals surface area contributed by atoms with Gasteiger partial charge in [-0.05, 0) is 19.1 Å². The van der Waals surface area contributed by atoms with Crippen LogP contribution in [0.15, 0.2) is 12.1 Å². The summed E-state index contributed by atoms with van der Waals surface area (Å²) in [5.41, 5.74) is -1.56. The third-order valence-electron chi connectivity index (χ3n) is 1.70. The van der Waals surface area contributed by atoms with Gasteiger partial charge in [-0.2, -0.15) is 0 Å². The topological polar surface area (TPSA) is 17.1 Å². The summed E-state index contributed by atoms with van der Waals surface area (Å²) in [6.07, 6.45) is -3.09. The van der Waals surface area contributed by atoms with Crippen LogP contribution < -0.4 is 0 Å². The van der Waals surface area contributed by atoms with Crippen LogP contribution in [0.5, 0.6) is 0 Å². The fourth-order valence-electron chi connectivity index (χ4n) is 0.999. The summed E-state index contributed by atoms with van der Waals surface area (Å²) < 4.78 is 49.9. The quantitative estimate of drug-likeness (QED) is 0.536. The molecule has 1 rings (SSSR count). The molecule has 0 fully saturated rings. The first kappa shape index (κ1) is 10.7. The zero-order chi connectivity index (χ0) is 10.9. The zero-order valence-electron chi connectivity index (χ0n) is 7.15. The van der Waals surface area contributed by atoms with E-state index in [1.807, 2.05) is 0 Å². The van der Waals surface area contributed by atoms with Gasteiger partial charge in [0.1, 0.15) is 11.6 Å². The maximum atomic E-state index is 12.9. The normalized spacial score (nSPS) is 10.7. The highest BCUT2D eigenvalue weighted by molar-refractivity contribution is 5.94. The van der Waals surface area contributed by atoms with Crippen LogP contribution in [0.1, 0.15) is 29.3 Å². The molecule has 14 heavy (non-hydrogen) atoms. The van der Waals surface area contributed by atoms with E-state index in [0.717, 1.165) is 6.92 Å².